The van der Waals surface area contributed by atoms with Crippen LogP contribution in [0.4, 0.5) is 0 Å². The maximum absolute atomic E-state index is 9.32. The monoisotopic (exact) mass is 650 g/mol. The first-order valence-electron chi connectivity index (χ1n) is 17.8. The second kappa shape index (κ2) is 12.1. The highest BCUT2D eigenvalue weighted by Crippen LogP contribution is 2.54. The van der Waals surface area contributed by atoms with Gasteiger partial charge in [-0.25, -0.2) is 15.0 Å². The lowest BCUT2D eigenvalue weighted by Gasteiger charge is -2.50. The van der Waals surface area contributed by atoms with E-state index in [1.807, 2.05) is 54.6 Å². The fraction of sp³-hybridized carbons (Fsp3) is 0.244. The Bertz CT molecular complexity index is 2380. The zero-order chi connectivity index (χ0) is 33.8. The molecule has 5 heteroatoms. The number of hydrogen-bond acceptors (Lipinski definition) is 5. The molecule has 2 aliphatic carbocycles. The molecule has 4 atom stereocenters. The number of furan rings is 1. The lowest BCUT2D eigenvalue weighted by atomic mass is 9.54. The summed E-state index contributed by atoms with van der Waals surface area (Å²) < 4.78 is 6.60. The summed E-state index contributed by atoms with van der Waals surface area (Å²) in [5.74, 6) is 4.18. The number of para-hydroxylation sites is 1. The second-order valence-electron chi connectivity index (χ2n) is 14.9. The molecule has 2 aromatic heterocycles. The van der Waals surface area contributed by atoms with Gasteiger partial charge in [0.05, 0.1) is 11.6 Å². The minimum atomic E-state index is 0.315. The highest BCUT2D eigenvalue weighted by molar-refractivity contribution is 6.10. The molecule has 0 spiro atoms. The van der Waals surface area contributed by atoms with Crippen LogP contribution in [0, 0.1) is 29.1 Å². The molecule has 0 amide bonds. The molecule has 0 radical (unpaired) electrons. The number of nitrogens with zero attached hydrogens (tertiary/aromatic N) is 4. The Morgan fingerprint density at radius 1 is 0.620 bits per heavy atom. The predicted molar refractivity (Wildman–Crippen MR) is 200 cm³/mol. The summed E-state index contributed by atoms with van der Waals surface area (Å²) in [5.41, 5.74) is 9.03. The normalized spacial score (nSPS) is 21.7. The van der Waals surface area contributed by atoms with E-state index in [0.29, 0.717) is 28.5 Å². The van der Waals surface area contributed by atoms with Gasteiger partial charge in [-0.2, -0.15) is 5.26 Å². The summed E-state index contributed by atoms with van der Waals surface area (Å²) >= 11 is 0. The molecule has 244 valence electrons. The van der Waals surface area contributed by atoms with Crippen LogP contribution in [0.25, 0.3) is 67.2 Å². The molecule has 1 unspecified atom stereocenters. The van der Waals surface area contributed by atoms with E-state index in [0.717, 1.165) is 61.9 Å². The summed E-state index contributed by atoms with van der Waals surface area (Å²) in [7, 11) is 0. The number of nitriles is 1. The van der Waals surface area contributed by atoms with Gasteiger partial charge < -0.3 is 4.42 Å². The minimum Gasteiger partial charge on any atom is -0.455 e. The molecule has 2 heterocycles. The van der Waals surface area contributed by atoms with Crippen molar-refractivity contribution >= 4 is 21.9 Å². The molecule has 0 aliphatic heterocycles. The van der Waals surface area contributed by atoms with E-state index >= 15 is 0 Å². The summed E-state index contributed by atoms with van der Waals surface area (Å²) in [4.78, 5) is 14.7. The van der Waals surface area contributed by atoms with Gasteiger partial charge in [0.15, 0.2) is 17.5 Å². The second-order valence-corrected chi connectivity index (χ2v) is 14.9. The molecular weight excluding hydrogens is 613 g/mol. The van der Waals surface area contributed by atoms with Crippen molar-refractivity contribution in [3.8, 4) is 51.4 Å². The van der Waals surface area contributed by atoms with Gasteiger partial charge in [0.1, 0.15) is 11.2 Å². The van der Waals surface area contributed by atoms with Crippen molar-refractivity contribution in [2.45, 2.75) is 51.4 Å². The van der Waals surface area contributed by atoms with Gasteiger partial charge in [0.25, 0.3) is 0 Å². The van der Waals surface area contributed by atoms with E-state index in [9.17, 15) is 5.26 Å². The summed E-state index contributed by atoms with van der Waals surface area (Å²) in [5, 5.41) is 11.4. The lowest BCUT2D eigenvalue weighted by molar-refractivity contribution is 0.0780. The number of rotatable bonds is 5. The first-order valence-corrected chi connectivity index (χ1v) is 17.8. The van der Waals surface area contributed by atoms with Crippen LogP contribution in [0.15, 0.2) is 120 Å². The van der Waals surface area contributed by atoms with Crippen LogP contribution in [0.5, 0.6) is 0 Å². The highest BCUT2D eigenvalue weighted by atomic mass is 16.3. The Hall–Kier alpha value is -5.60. The van der Waals surface area contributed by atoms with Crippen LogP contribution in [-0.4, -0.2) is 15.0 Å². The molecule has 7 aromatic rings. The third-order valence-corrected chi connectivity index (χ3v) is 11.1. The van der Waals surface area contributed by atoms with Gasteiger partial charge in [-0.05, 0) is 109 Å². The minimum absolute atomic E-state index is 0.315. The fourth-order valence-electron chi connectivity index (χ4n) is 9.27. The van der Waals surface area contributed by atoms with E-state index in [4.69, 9.17) is 19.4 Å². The number of benzene rings is 5. The molecule has 2 fully saturated rings. The highest BCUT2D eigenvalue weighted by Gasteiger charge is 2.45. The Morgan fingerprint density at radius 3 is 1.92 bits per heavy atom. The average molecular weight is 651 g/mol. The standard InChI is InChI=1S/C45H38N4O/c1-28-21-31-22-29(2)25-45(24-28,26-31)36-18-15-32(16-19-36)37-9-6-10-38-39-23-35(17-20-40(39)50-41(37)38)44-48-42(33-7-4-3-5-8-33)47-43(49-44)34-13-11-30(27-46)12-14-34/h3-20,23,28-29,31H,21-22,24-26H2,1-2H3/t28-,29+,31-,45?. The molecule has 2 bridgehead atoms. The van der Waals surface area contributed by atoms with Gasteiger partial charge in [-0.3, -0.25) is 0 Å². The van der Waals surface area contributed by atoms with Crippen molar-refractivity contribution in [2.75, 3.05) is 0 Å². The maximum atomic E-state index is 9.32. The Labute approximate surface area is 292 Å². The van der Waals surface area contributed by atoms with Crippen molar-refractivity contribution in [2.24, 2.45) is 17.8 Å². The van der Waals surface area contributed by atoms with Gasteiger partial charge in [0.2, 0.25) is 0 Å². The molecule has 2 aliphatic rings. The molecule has 0 saturated heterocycles. The molecular formula is C45H38N4O. The molecule has 2 saturated carbocycles. The van der Waals surface area contributed by atoms with Crippen molar-refractivity contribution < 1.29 is 4.42 Å². The van der Waals surface area contributed by atoms with Gasteiger partial charge >= 0.3 is 0 Å². The molecule has 0 N–H and O–H groups in total. The van der Waals surface area contributed by atoms with Crippen molar-refractivity contribution in [3.63, 3.8) is 0 Å². The zero-order valence-electron chi connectivity index (χ0n) is 28.4. The van der Waals surface area contributed by atoms with Gasteiger partial charge in [-0.15, -0.1) is 0 Å². The van der Waals surface area contributed by atoms with Crippen LogP contribution in [0.3, 0.4) is 0 Å². The van der Waals surface area contributed by atoms with E-state index < -0.39 is 0 Å². The topological polar surface area (TPSA) is 75.6 Å². The quantitative estimate of drug-likeness (QED) is 0.185. The Balaban J connectivity index is 1.11. The largest absolute Gasteiger partial charge is 0.455 e. The first-order chi connectivity index (χ1) is 24.4. The maximum Gasteiger partial charge on any atom is 0.164 e. The molecule has 5 nitrogen and oxygen atoms in total. The number of hydrogen-bond donors (Lipinski definition) is 0. The van der Waals surface area contributed by atoms with Crippen LogP contribution < -0.4 is 0 Å². The van der Waals surface area contributed by atoms with Gasteiger partial charge in [-0.1, -0.05) is 86.6 Å². The number of aromatic nitrogens is 3. The van der Waals surface area contributed by atoms with Crippen LogP contribution in [-0.2, 0) is 5.41 Å². The van der Waals surface area contributed by atoms with Crippen molar-refractivity contribution in [1.82, 2.24) is 15.0 Å². The third-order valence-electron chi connectivity index (χ3n) is 11.1. The zero-order valence-corrected chi connectivity index (χ0v) is 28.4. The first kappa shape index (κ1) is 30.5. The SMILES string of the molecule is C[C@@H]1C[C@@H]2C[C@H](C)CC(c3ccc(-c4cccc5c4oc4ccc(-c6nc(-c7ccccc7)nc(-c7ccc(C#N)cc7)n6)cc45)cc3)(C1)C2. The van der Waals surface area contributed by atoms with Crippen molar-refractivity contribution in [3.05, 3.63) is 126 Å². The number of fused-ring (bicyclic) bond motifs is 5. The van der Waals surface area contributed by atoms with E-state index in [1.54, 1.807) is 12.1 Å². The lowest BCUT2D eigenvalue weighted by Crippen LogP contribution is -2.42. The van der Waals surface area contributed by atoms with E-state index in [1.165, 1.54) is 43.2 Å². The van der Waals surface area contributed by atoms with Crippen LogP contribution in [0.1, 0.15) is 57.1 Å². The van der Waals surface area contributed by atoms with E-state index in [2.05, 4.69) is 68.4 Å². The Kier molecular flexibility index (Phi) is 7.35. The fourth-order valence-corrected chi connectivity index (χ4v) is 9.27. The summed E-state index contributed by atoms with van der Waals surface area (Å²) in [6.07, 6.45) is 6.72. The Morgan fingerprint density at radius 2 is 1.24 bits per heavy atom. The average Bonchev–Trinajstić information content (AvgIpc) is 3.53. The van der Waals surface area contributed by atoms with E-state index in [-0.39, 0.29) is 0 Å². The van der Waals surface area contributed by atoms with Crippen LogP contribution >= 0.6 is 0 Å². The summed E-state index contributed by atoms with van der Waals surface area (Å²) in [6, 6.07) is 41.5. The smallest absolute Gasteiger partial charge is 0.164 e. The third kappa shape index (κ3) is 5.36. The van der Waals surface area contributed by atoms with Crippen LogP contribution in [0.2, 0.25) is 0 Å². The summed E-state index contributed by atoms with van der Waals surface area (Å²) in [6.45, 7) is 4.91. The predicted octanol–water partition coefficient (Wildman–Crippen LogP) is 11.4. The molecule has 9 rings (SSSR count). The van der Waals surface area contributed by atoms with Crippen molar-refractivity contribution in [1.29, 1.82) is 5.26 Å². The van der Waals surface area contributed by atoms with Gasteiger partial charge in [0, 0.05) is 33.0 Å². The molecule has 50 heavy (non-hydrogen) atoms. The molecule has 5 aromatic carbocycles.